The first-order valence-electron chi connectivity index (χ1n) is 6.69. The van der Waals surface area contributed by atoms with Crippen molar-refractivity contribution >= 4 is 96.1 Å². The Kier molecular flexibility index (Phi) is 4.96. The molecule has 0 spiro atoms. The summed E-state index contributed by atoms with van der Waals surface area (Å²) in [6, 6.07) is 12.2. The van der Waals surface area contributed by atoms with Gasteiger partial charge >= 0.3 is 0 Å². The minimum Gasteiger partial charge on any atom is -0.223 e. The third-order valence-electron chi connectivity index (χ3n) is 3.30. The lowest BCUT2D eigenvalue weighted by Crippen LogP contribution is -1.79. The summed E-state index contributed by atoms with van der Waals surface area (Å²) in [5, 5.41) is 1.95. The van der Waals surface area contributed by atoms with Crippen LogP contribution in [0.25, 0.3) is 30.8 Å². The number of rotatable bonds is 2. The molecular formula is C16H6Br4N2S2. The van der Waals surface area contributed by atoms with Gasteiger partial charge in [0.15, 0.2) is 9.66 Å². The summed E-state index contributed by atoms with van der Waals surface area (Å²) >= 11 is 17.4. The molecule has 0 radical (unpaired) electrons. The second-order valence-corrected chi connectivity index (χ2v) is 10.4. The lowest BCUT2D eigenvalue weighted by molar-refractivity contribution is 1.46. The molecule has 4 aromatic rings. The van der Waals surface area contributed by atoms with E-state index in [0.29, 0.717) is 0 Å². The molecule has 0 saturated heterocycles. The largest absolute Gasteiger partial charge is 0.223 e. The van der Waals surface area contributed by atoms with Crippen LogP contribution in [0.1, 0.15) is 0 Å². The molecule has 24 heavy (non-hydrogen) atoms. The Morgan fingerprint density at radius 3 is 1.42 bits per heavy atom. The van der Waals surface area contributed by atoms with Gasteiger partial charge in [0.1, 0.15) is 10.0 Å². The molecule has 0 N–H and O–H groups in total. The SMILES string of the molecule is Brc1ccc(-c2nc3sc(-c4ccc(Br)cc4Br)nc3s2)c(Br)c1. The van der Waals surface area contributed by atoms with E-state index < -0.39 is 0 Å². The molecule has 0 unspecified atom stereocenters. The normalized spacial score (nSPS) is 11.3. The van der Waals surface area contributed by atoms with Gasteiger partial charge in [0.25, 0.3) is 0 Å². The number of hydrogen-bond acceptors (Lipinski definition) is 4. The van der Waals surface area contributed by atoms with Crippen LogP contribution in [-0.2, 0) is 0 Å². The summed E-state index contributed by atoms with van der Waals surface area (Å²) < 4.78 is 4.12. The summed E-state index contributed by atoms with van der Waals surface area (Å²) in [7, 11) is 0. The third-order valence-corrected chi connectivity index (χ3v) is 7.69. The molecule has 4 rings (SSSR count). The Morgan fingerprint density at radius 2 is 1.04 bits per heavy atom. The quantitative estimate of drug-likeness (QED) is 0.229. The maximum Gasteiger partial charge on any atom is 0.155 e. The summed E-state index contributed by atoms with van der Waals surface area (Å²) in [4.78, 5) is 11.5. The molecule has 2 aromatic carbocycles. The van der Waals surface area contributed by atoms with Crippen LogP contribution in [0.4, 0.5) is 0 Å². The molecule has 8 heteroatoms. The number of benzene rings is 2. The fourth-order valence-electron chi connectivity index (χ4n) is 2.20. The van der Waals surface area contributed by atoms with Crippen LogP contribution in [0.15, 0.2) is 54.3 Å². The lowest BCUT2D eigenvalue weighted by atomic mass is 10.2. The maximum atomic E-state index is 4.77. The van der Waals surface area contributed by atoms with Crippen LogP contribution >= 0.6 is 86.4 Å². The predicted octanol–water partition coefficient (Wildman–Crippen LogP) is 8.14. The summed E-state index contributed by atoms with van der Waals surface area (Å²) in [5.41, 5.74) is 2.17. The zero-order chi connectivity index (χ0) is 16.8. The van der Waals surface area contributed by atoms with Crippen LogP contribution in [0.2, 0.25) is 0 Å². The topological polar surface area (TPSA) is 25.8 Å². The summed E-state index contributed by atoms with van der Waals surface area (Å²) in [6.45, 7) is 0. The van der Waals surface area contributed by atoms with Crippen molar-refractivity contribution in [3.8, 4) is 21.1 Å². The van der Waals surface area contributed by atoms with E-state index in [0.717, 1.165) is 48.7 Å². The first kappa shape index (κ1) is 17.3. The molecule has 0 aliphatic heterocycles. The second-order valence-electron chi connectivity index (χ2n) is 4.90. The van der Waals surface area contributed by atoms with Gasteiger partial charge in [-0.3, -0.25) is 0 Å². The Bertz CT molecular complexity index is 959. The molecule has 0 fully saturated rings. The average molecular weight is 610 g/mol. The van der Waals surface area contributed by atoms with Crippen molar-refractivity contribution in [1.29, 1.82) is 0 Å². The van der Waals surface area contributed by atoms with Crippen molar-refractivity contribution in [2.24, 2.45) is 0 Å². The van der Waals surface area contributed by atoms with Gasteiger partial charge in [-0.05, 0) is 36.4 Å². The molecule has 0 saturated carbocycles. The predicted molar refractivity (Wildman–Crippen MR) is 117 cm³/mol. The Labute approximate surface area is 179 Å². The Morgan fingerprint density at radius 1 is 0.625 bits per heavy atom. The highest BCUT2D eigenvalue weighted by Crippen LogP contribution is 2.41. The molecule has 120 valence electrons. The van der Waals surface area contributed by atoms with E-state index in [1.807, 2.05) is 24.3 Å². The fourth-order valence-corrected chi connectivity index (χ4v) is 7.05. The number of halogens is 4. The molecule has 0 amide bonds. The standard InChI is InChI=1S/C16H6Br4N2S2/c17-7-1-3-9(11(19)5-7)13-21-15-16(23-13)22-14(24-15)10-4-2-8(18)6-12(10)20/h1-6H. The first-order valence-corrected chi connectivity index (χ1v) is 11.5. The van der Waals surface area contributed by atoms with E-state index in [-0.39, 0.29) is 0 Å². The van der Waals surface area contributed by atoms with Crippen molar-refractivity contribution in [2.45, 2.75) is 0 Å². The maximum absolute atomic E-state index is 4.77. The summed E-state index contributed by atoms with van der Waals surface area (Å²) in [6.07, 6.45) is 0. The monoisotopic (exact) mass is 606 g/mol. The van der Waals surface area contributed by atoms with Crippen molar-refractivity contribution < 1.29 is 0 Å². The number of hydrogen-bond donors (Lipinski definition) is 0. The molecule has 2 heterocycles. The number of thiazole rings is 2. The smallest absolute Gasteiger partial charge is 0.155 e. The molecule has 2 nitrogen and oxygen atoms in total. The van der Waals surface area contributed by atoms with Crippen molar-refractivity contribution in [3.63, 3.8) is 0 Å². The Hall–Kier alpha value is -0.120. The molecule has 0 aliphatic rings. The van der Waals surface area contributed by atoms with Crippen LogP contribution in [0.5, 0.6) is 0 Å². The van der Waals surface area contributed by atoms with Crippen molar-refractivity contribution in [2.75, 3.05) is 0 Å². The first-order chi connectivity index (χ1) is 11.5. The van der Waals surface area contributed by atoms with Crippen LogP contribution in [0.3, 0.4) is 0 Å². The van der Waals surface area contributed by atoms with Gasteiger partial charge in [-0.25, -0.2) is 9.97 Å². The zero-order valence-electron chi connectivity index (χ0n) is 11.7. The van der Waals surface area contributed by atoms with Gasteiger partial charge in [-0.2, -0.15) is 0 Å². The van der Waals surface area contributed by atoms with E-state index in [1.165, 1.54) is 0 Å². The molecule has 0 bridgehead atoms. The van der Waals surface area contributed by atoms with Gasteiger partial charge in [0, 0.05) is 29.0 Å². The third kappa shape index (κ3) is 3.29. The van der Waals surface area contributed by atoms with Crippen LogP contribution in [0, 0.1) is 0 Å². The average Bonchev–Trinajstić information content (AvgIpc) is 3.05. The van der Waals surface area contributed by atoms with Gasteiger partial charge in [0.2, 0.25) is 0 Å². The van der Waals surface area contributed by atoms with E-state index in [9.17, 15) is 0 Å². The minimum absolute atomic E-state index is 0.967. The highest BCUT2D eigenvalue weighted by atomic mass is 79.9. The van der Waals surface area contributed by atoms with E-state index >= 15 is 0 Å². The van der Waals surface area contributed by atoms with Crippen molar-refractivity contribution in [3.05, 3.63) is 54.3 Å². The van der Waals surface area contributed by atoms with Crippen molar-refractivity contribution in [1.82, 2.24) is 9.97 Å². The minimum atomic E-state index is 0.967. The zero-order valence-corrected chi connectivity index (χ0v) is 19.7. The highest BCUT2D eigenvalue weighted by molar-refractivity contribution is 9.11. The second kappa shape index (κ2) is 6.89. The van der Waals surface area contributed by atoms with E-state index in [2.05, 4.69) is 75.9 Å². The van der Waals surface area contributed by atoms with Gasteiger partial charge < -0.3 is 0 Å². The van der Waals surface area contributed by atoms with Gasteiger partial charge in [-0.1, -0.05) is 86.4 Å². The summed E-state index contributed by atoms with van der Waals surface area (Å²) in [5.74, 6) is 0. The van der Waals surface area contributed by atoms with Gasteiger partial charge in [-0.15, -0.1) is 0 Å². The molecule has 2 aromatic heterocycles. The number of nitrogens with zero attached hydrogens (tertiary/aromatic N) is 2. The molecule has 0 atom stereocenters. The van der Waals surface area contributed by atoms with E-state index in [1.54, 1.807) is 22.7 Å². The Balaban J connectivity index is 1.78. The molecular weight excluding hydrogens is 604 g/mol. The number of aromatic nitrogens is 2. The van der Waals surface area contributed by atoms with Gasteiger partial charge in [0.05, 0.1) is 0 Å². The highest BCUT2D eigenvalue weighted by Gasteiger charge is 2.16. The van der Waals surface area contributed by atoms with E-state index in [4.69, 9.17) is 9.97 Å². The fraction of sp³-hybridized carbons (Fsp3) is 0. The number of fused-ring (bicyclic) bond motifs is 1. The lowest BCUT2D eigenvalue weighted by Gasteiger charge is -2.01. The molecule has 0 aliphatic carbocycles. The van der Waals surface area contributed by atoms with Crippen LogP contribution in [-0.4, -0.2) is 9.97 Å². The van der Waals surface area contributed by atoms with Crippen LogP contribution < -0.4 is 0 Å².